The molecule has 2 aromatic rings. The summed E-state index contributed by atoms with van der Waals surface area (Å²) in [6, 6.07) is 14.9. The normalized spacial score (nSPS) is 16.2. The van der Waals surface area contributed by atoms with Gasteiger partial charge < -0.3 is 9.64 Å². The Balaban J connectivity index is 1.69. The molecule has 5 nitrogen and oxygen atoms in total. The van der Waals surface area contributed by atoms with Crippen LogP contribution in [0.15, 0.2) is 53.4 Å². The molecule has 2 aromatic carbocycles. The topological polar surface area (TPSA) is 49.9 Å². The van der Waals surface area contributed by atoms with Gasteiger partial charge in [-0.05, 0) is 43.3 Å². The van der Waals surface area contributed by atoms with Gasteiger partial charge in [-0.25, -0.2) is 8.42 Å². The molecule has 24 heavy (non-hydrogen) atoms. The van der Waals surface area contributed by atoms with Crippen LogP contribution < -0.4 is 9.64 Å². The molecule has 0 radical (unpaired) electrons. The Morgan fingerprint density at radius 1 is 0.875 bits per heavy atom. The van der Waals surface area contributed by atoms with Gasteiger partial charge >= 0.3 is 0 Å². The van der Waals surface area contributed by atoms with Crippen LogP contribution in [0.4, 0.5) is 5.69 Å². The molecule has 0 aliphatic carbocycles. The van der Waals surface area contributed by atoms with Crippen molar-refractivity contribution in [1.29, 1.82) is 0 Å². The zero-order chi connectivity index (χ0) is 17.2. The largest absolute Gasteiger partial charge is 0.497 e. The molecule has 0 atom stereocenters. The minimum Gasteiger partial charge on any atom is -0.497 e. The number of nitrogens with zero attached hydrogens (tertiary/aromatic N) is 2. The summed E-state index contributed by atoms with van der Waals surface area (Å²) in [5.41, 5.74) is 2.36. The fraction of sp³-hybridized carbons (Fsp3) is 0.333. The van der Waals surface area contributed by atoms with Crippen molar-refractivity contribution in [3.05, 3.63) is 54.1 Å². The fourth-order valence-corrected chi connectivity index (χ4v) is 4.26. The lowest BCUT2D eigenvalue weighted by atomic mass is 10.2. The number of benzene rings is 2. The summed E-state index contributed by atoms with van der Waals surface area (Å²) in [6.07, 6.45) is 0. The van der Waals surface area contributed by atoms with Gasteiger partial charge in [0.15, 0.2) is 0 Å². The van der Waals surface area contributed by atoms with Crippen molar-refractivity contribution in [3.8, 4) is 5.75 Å². The first-order valence-electron chi connectivity index (χ1n) is 7.96. The van der Waals surface area contributed by atoms with Crippen LogP contribution in [0.1, 0.15) is 5.56 Å². The van der Waals surface area contributed by atoms with E-state index >= 15 is 0 Å². The summed E-state index contributed by atoms with van der Waals surface area (Å²) in [5, 5.41) is 0. The highest BCUT2D eigenvalue weighted by Crippen LogP contribution is 2.23. The number of sulfonamides is 1. The molecule has 3 rings (SSSR count). The van der Waals surface area contributed by atoms with Crippen LogP contribution in [0.3, 0.4) is 0 Å². The zero-order valence-electron chi connectivity index (χ0n) is 14.0. The lowest BCUT2D eigenvalue weighted by Crippen LogP contribution is -2.48. The van der Waals surface area contributed by atoms with Gasteiger partial charge in [0, 0.05) is 31.9 Å². The molecule has 1 aliphatic heterocycles. The maximum Gasteiger partial charge on any atom is 0.243 e. The third kappa shape index (κ3) is 3.39. The van der Waals surface area contributed by atoms with Gasteiger partial charge in [-0.3, -0.25) is 0 Å². The Kier molecular flexibility index (Phi) is 4.78. The van der Waals surface area contributed by atoms with E-state index in [2.05, 4.69) is 36.1 Å². The molecule has 128 valence electrons. The fourth-order valence-electron chi connectivity index (χ4n) is 2.84. The number of ether oxygens (including phenoxy) is 1. The van der Waals surface area contributed by atoms with Crippen LogP contribution in [0, 0.1) is 6.92 Å². The first kappa shape index (κ1) is 16.8. The van der Waals surface area contributed by atoms with Gasteiger partial charge in [-0.2, -0.15) is 4.31 Å². The highest BCUT2D eigenvalue weighted by molar-refractivity contribution is 7.89. The second kappa shape index (κ2) is 6.83. The maximum atomic E-state index is 12.7. The second-order valence-electron chi connectivity index (χ2n) is 5.90. The maximum absolute atomic E-state index is 12.7. The average molecular weight is 346 g/mol. The molecule has 0 saturated carbocycles. The summed E-state index contributed by atoms with van der Waals surface area (Å²) in [4.78, 5) is 2.53. The lowest BCUT2D eigenvalue weighted by molar-refractivity contribution is 0.384. The molecular formula is C18H22N2O3S. The average Bonchev–Trinajstić information content (AvgIpc) is 2.62. The van der Waals surface area contributed by atoms with E-state index in [-0.39, 0.29) is 0 Å². The molecule has 0 aromatic heterocycles. The summed E-state index contributed by atoms with van der Waals surface area (Å²) in [7, 11) is -1.88. The molecule has 1 aliphatic rings. The van der Waals surface area contributed by atoms with Crippen LogP contribution in [0.2, 0.25) is 0 Å². The SMILES string of the molecule is COc1ccc(S(=O)(=O)N2CCN(c3ccc(C)cc3)CC2)cc1. The van der Waals surface area contributed by atoms with Crippen LogP contribution in [0.5, 0.6) is 5.75 Å². The summed E-state index contributed by atoms with van der Waals surface area (Å²) in [5.74, 6) is 0.651. The minimum atomic E-state index is -3.45. The molecule has 1 heterocycles. The van der Waals surface area contributed by atoms with Crippen molar-refractivity contribution in [2.45, 2.75) is 11.8 Å². The quantitative estimate of drug-likeness (QED) is 0.854. The number of piperazine rings is 1. The second-order valence-corrected chi connectivity index (χ2v) is 7.84. The van der Waals surface area contributed by atoms with Gasteiger partial charge in [0.2, 0.25) is 10.0 Å². The Bertz CT molecular complexity index is 778. The molecule has 0 unspecified atom stereocenters. The highest BCUT2D eigenvalue weighted by atomic mass is 32.2. The van der Waals surface area contributed by atoms with E-state index in [1.54, 1.807) is 35.7 Å². The molecule has 1 fully saturated rings. The van der Waals surface area contributed by atoms with Gasteiger partial charge in [0.1, 0.15) is 5.75 Å². The molecule has 0 amide bonds. The Hall–Kier alpha value is -2.05. The third-order valence-corrected chi connectivity index (χ3v) is 6.25. The number of methoxy groups -OCH3 is 1. The number of anilines is 1. The van der Waals surface area contributed by atoms with Crippen molar-refractivity contribution in [2.75, 3.05) is 38.2 Å². The third-order valence-electron chi connectivity index (χ3n) is 4.33. The van der Waals surface area contributed by atoms with Crippen LogP contribution in [-0.2, 0) is 10.0 Å². The van der Waals surface area contributed by atoms with Crippen LogP contribution >= 0.6 is 0 Å². The van der Waals surface area contributed by atoms with Crippen molar-refractivity contribution in [3.63, 3.8) is 0 Å². The number of hydrogen-bond donors (Lipinski definition) is 0. The molecule has 1 saturated heterocycles. The van der Waals surface area contributed by atoms with Crippen molar-refractivity contribution >= 4 is 15.7 Å². The van der Waals surface area contributed by atoms with E-state index in [1.807, 2.05) is 0 Å². The number of rotatable bonds is 4. The number of aryl methyl sites for hydroxylation is 1. The van der Waals surface area contributed by atoms with Gasteiger partial charge in [0.25, 0.3) is 0 Å². The van der Waals surface area contributed by atoms with E-state index in [0.717, 1.165) is 5.69 Å². The molecular weight excluding hydrogens is 324 g/mol. The first-order chi connectivity index (χ1) is 11.5. The summed E-state index contributed by atoms with van der Waals surface area (Å²) in [6.45, 7) is 4.42. The summed E-state index contributed by atoms with van der Waals surface area (Å²) >= 11 is 0. The molecule has 6 heteroatoms. The molecule has 0 bridgehead atoms. The molecule has 0 spiro atoms. The van der Waals surface area contributed by atoms with Gasteiger partial charge in [0.05, 0.1) is 12.0 Å². The van der Waals surface area contributed by atoms with Crippen molar-refractivity contribution in [2.24, 2.45) is 0 Å². The zero-order valence-corrected chi connectivity index (χ0v) is 14.8. The minimum absolute atomic E-state index is 0.312. The van der Waals surface area contributed by atoms with Crippen LogP contribution in [0.25, 0.3) is 0 Å². The Morgan fingerprint density at radius 2 is 1.46 bits per heavy atom. The van der Waals surface area contributed by atoms with E-state index < -0.39 is 10.0 Å². The smallest absolute Gasteiger partial charge is 0.243 e. The van der Waals surface area contributed by atoms with Crippen molar-refractivity contribution in [1.82, 2.24) is 4.31 Å². The van der Waals surface area contributed by atoms with E-state index in [9.17, 15) is 8.42 Å². The predicted molar refractivity (Wildman–Crippen MR) is 95.1 cm³/mol. The van der Waals surface area contributed by atoms with Gasteiger partial charge in [-0.15, -0.1) is 0 Å². The van der Waals surface area contributed by atoms with Crippen LogP contribution in [-0.4, -0.2) is 46.0 Å². The van der Waals surface area contributed by atoms with E-state index in [4.69, 9.17) is 4.74 Å². The Labute approximate surface area is 143 Å². The number of hydrogen-bond acceptors (Lipinski definition) is 4. The van der Waals surface area contributed by atoms with E-state index in [0.29, 0.717) is 36.8 Å². The standard InChI is InChI=1S/C18H22N2O3S/c1-15-3-5-16(6-4-15)19-11-13-20(14-12-19)24(21,22)18-9-7-17(23-2)8-10-18/h3-10H,11-14H2,1-2H3. The van der Waals surface area contributed by atoms with E-state index in [1.165, 1.54) is 5.56 Å². The molecule has 0 N–H and O–H groups in total. The summed E-state index contributed by atoms with van der Waals surface area (Å²) < 4.78 is 32.1. The lowest BCUT2D eigenvalue weighted by Gasteiger charge is -2.35. The highest BCUT2D eigenvalue weighted by Gasteiger charge is 2.28. The predicted octanol–water partition coefficient (Wildman–Crippen LogP) is 2.51. The monoisotopic (exact) mass is 346 g/mol. The van der Waals surface area contributed by atoms with Gasteiger partial charge in [-0.1, -0.05) is 17.7 Å². The Morgan fingerprint density at radius 3 is 2.00 bits per heavy atom. The van der Waals surface area contributed by atoms with Crippen molar-refractivity contribution < 1.29 is 13.2 Å². The first-order valence-corrected chi connectivity index (χ1v) is 9.40.